The number of carboxylic acid groups (broad SMARTS) is 1. The lowest BCUT2D eigenvalue weighted by Crippen LogP contribution is -2.43. The number of carbonyl (C=O) groups excluding carboxylic acids is 1. The Hall–Kier alpha value is -2.16. The molecular formula is C12H15FN2O5S. The summed E-state index contributed by atoms with van der Waals surface area (Å²) >= 11 is 0. The van der Waals surface area contributed by atoms with Gasteiger partial charge in [0.15, 0.2) is 0 Å². The van der Waals surface area contributed by atoms with Gasteiger partial charge in [-0.05, 0) is 30.7 Å². The van der Waals surface area contributed by atoms with Gasteiger partial charge < -0.3 is 15.7 Å². The number of halogens is 1. The summed E-state index contributed by atoms with van der Waals surface area (Å²) in [5.74, 6) is -2.17. The predicted octanol–water partition coefficient (Wildman–Crippen LogP) is 0.835. The fraction of sp³-hybridized carbons (Fsp3) is 0.333. The molecule has 21 heavy (non-hydrogen) atoms. The summed E-state index contributed by atoms with van der Waals surface area (Å²) in [4.78, 5) is 22.6. The van der Waals surface area contributed by atoms with Gasteiger partial charge in [0.2, 0.25) is 0 Å². The Labute approximate surface area is 121 Å². The van der Waals surface area contributed by atoms with Gasteiger partial charge in [0.1, 0.15) is 21.7 Å². The SMILES string of the molecule is CS(=O)(=O)CCC(NC(=O)Nc1ccc(F)cc1)C(=O)O. The van der Waals surface area contributed by atoms with Crippen LogP contribution in [0.25, 0.3) is 0 Å². The van der Waals surface area contributed by atoms with Crippen LogP contribution in [0.2, 0.25) is 0 Å². The third kappa shape index (κ3) is 6.70. The highest BCUT2D eigenvalue weighted by molar-refractivity contribution is 7.90. The lowest BCUT2D eigenvalue weighted by atomic mass is 10.2. The van der Waals surface area contributed by atoms with E-state index in [1.165, 1.54) is 12.1 Å². The van der Waals surface area contributed by atoms with E-state index in [2.05, 4.69) is 10.6 Å². The average Bonchev–Trinajstić information content (AvgIpc) is 2.36. The van der Waals surface area contributed by atoms with Crippen molar-refractivity contribution < 1.29 is 27.5 Å². The van der Waals surface area contributed by atoms with E-state index in [9.17, 15) is 22.4 Å². The first-order chi connectivity index (χ1) is 9.67. The number of urea groups is 1. The molecule has 7 nitrogen and oxygen atoms in total. The number of carboxylic acids is 1. The molecular weight excluding hydrogens is 303 g/mol. The first-order valence-corrected chi connectivity index (χ1v) is 7.97. The molecule has 0 spiro atoms. The Morgan fingerprint density at radius 3 is 2.33 bits per heavy atom. The highest BCUT2D eigenvalue weighted by Crippen LogP contribution is 2.08. The molecule has 1 rings (SSSR count). The standard InChI is InChI=1S/C12H15FN2O5S/c1-21(19,20)7-6-10(11(16)17)15-12(18)14-9-4-2-8(13)3-5-9/h2-5,10H,6-7H2,1H3,(H,16,17)(H2,14,15,18). The van der Waals surface area contributed by atoms with Crippen LogP contribution < -0.4 is 10.6 Å². The zero-order chi connectivity index (χ0) is 16.0. The van der Waals surface area contributed by atoms with Crippen LogP contribution in [-0.4, -0.2) is 43.6 Å². The molecule has 0 saturated carbocycles. The third-order valence-corrected chi connectivity index (χ3v) is 3.46. The first-order valence-electron chi connectivity index (χ1n) is 5.91. The number of hydrogen-bond donors (Lipinski definition) is 3. The minimum absolute atomic E-state index is 0.245. The highest BCUT2D eigenvalue weighted by atomic mass is 32.2. The molecule has 0 aliphatic heterocycles. The van der Waals surface area contributed by atoms with Gasteiger partial charge in [0.25, 0.3) is 0 Å². The second kappa shape index (κ2) is 7.02. The molecule has 0 aromatic heterocycles. The molecule has 0 heterocycles. The third-order valence-electron chi connectivity index (χ3n) is 2.48. The van der Waals surface area contributed by atoms with Gasteiger partial charge in [0, 0.05) is 11.9 Å². The van der Waals surface area contributed by atoms with Crippen molar-refractivity contribution >= 4 is 27.5 Å². The second-order valence-corrected chi connectivity index (χ2v) is 6.67. The molecule has 0 saturated heterocycles. The number of anilines is 1. The molecule has 1 aromatic rings. The fourth-order valence-electron chi connectivity index (χ4n) is 1.45. The monoisotopic (exact) mass is 318 g/mol. The normalized spacial score (nSPS) is 12.5. The van der Waals surface area contributed by atoms with E-state index in [0.717, 1.165) is 18.4 Å². The van der Waals surface area contributed by atoms with Crippen LogP contribution in [0.5, 0.6) is 0 Å². The van der Waals surface area contributed by atoms with Gasteiger partial charge >= 0.3 is 12.0 Å². The zero-order valence-electron chi connectivity index (χ0n) is 11.2. The van der Waals surface area contributed by atoms with Crippen LogP contribution in [0, 0.1) is 5.82 Å². The van der Waals surface area contributed by atoms with E-state index in [0.29, 0.717) is 0 Å². The Morgan fingerprint density at radius 1 is 1.29 bits per heavy atom. The van der Waals surface area contributed by atoms with Gasteiger partial charge in [-0.1, -0.05) is 0 Å². The maximum absolute atomic E-state index is 12.7. The number of rotatable bonds is 6. The Morgan fingerprint density at radius 2 is 1.86 bits per heavy atom. The molecule has 3 N–H and O–H groups in total. The van der Waals surface area contributed by atoms with E-state index in [4.69, 9.17) is 5.11 Å². The topological polar surface area (TPSA) is 113 Å². The molecule has 0 aliphatic rings. The molecule has 1 unspecified atom stereocenters. The highest BCUT2D eigenvalue weighted by Gasteiger charge is 2.21. The van der Waals surface area contributed by atoms with Crippen LogP contribution in [0.15, 0.2) is 24.3 Å². The fourth-order valence-corrected chi connectivity index (χ4v) is 2.11. The summed E-state index contributed by atoms with van der Waals surface area (Å²) in [5, 5.41) is 13.4. The number of hydrogen-bond acceptors (Lipinski definition) is 4. The molecule has 116 valence electrons. The number of benzene rings is 1. The summed E-state index contributed by atoms with van der Waals surface area (Å²) < 4.78 is 34.7. The Balaban J connectivity index is 2.60. The maximum atomic E-state index is 12.7. The van der Waals surface area contributed by atoms with E-state index in [-0.39, 0.29) is 17.9 Å². The summed E-state index contributed by atoms with van der Waals surface area (Å²) in [6.45, 7) is 0. The van der Waals surface area contributed by atoms with Crippen molar-refractivity contribution in [1.82, 2.24) is 5.32 Å². The van der Waals surface area contributed by atoms with Gasteiger partial charge in [-0.15, -0.1) is 0 Å². The van der Waals surface area contributed by atoms with Crippen LogP contribution in [0.4, 0.5) is 14.9 Å². The van der Waals surface area contributed by atoms with Gasteiger partial charge in [-0.25, -0.2) is 22.4 Å². The van der Waals surface area contributed by atoms with Crippen LogP contribution in [0.1, 0.15) is 6.42 Å². The summed E-state index contributed by atoms with van der Waals surface area (Å²) in [7, 11) is -3.33. The van der Waals surface area contributed by atoms with Gasteiger partial charge in [-0.3, -0.25) is 0 Å². The number of carbonyl (C=O) groups is 2. The summed E-state index contributed by atoms with van der Waals surface area (Å²) in [6, 6.07) is 2.73. The quantitative estimate of drug-likeness (QED) is 0.719. The molecule has 1 atom stereocenters. The lowest BCUT2D eigenvalue weighted by Gasteiger charge is -2.14. The molecule has 0 aliphatic carbocycles. The minimum Gasteiger partial charge on any atom is -0.480 e. The molecule has 0 fully saturated rings. The largest absolute Gasteiger partial charge is 0.480 e. The van der Waals surface area contributed by atoms with Crippen LogP contribution in [0.3, 0.4) is 0 Å². The van der Waals surface area contributed by atoms with Crippen LogP contribution >= 0.6 is 0 Å². The predicted molar refractivity (Wildman–Crippen MR) is 74.3 cm³/mol. The molecule has 1 aromatic carbocycles. The molecule has 0 bridgehead atoms. The number of sulfone groups is 1. The molecule has 0 radical (unpaired) electrons. The van der Waals surface area contributed by atoms with Gasteiger partial charge in [-0.2, -0.15) is 0 Å². The minimum atomic E-state index is -3.33. The molecule has 9 heteroatoms. The van der Waals surface area contributed by atoms with Crippen molar-refractivity contribution in [3.63, 3.8) is 0 Å². The van der Waals surface area contributed by atoms with Crippen molar-refractivity contribution in [2.45, 2.75) is 12.5 Å². The number of aliphatic carboxylic acids is 1. The van der Waals surface area contributed by atoms with Crippen molar-refractivity contribution in [1.29, 1.82) is 0 Å². The van der Waals surface area contributed by atoms with E-state index in [1.54, 1.807) is 0 Å². The van der Waals surface area contributed by atoms with Crippen molar-refractivity contribution in [3.05, 3.63) is 30.1 Å². The second-order valence-electron chi connectivity index (χ2n) is 4.41. The van der Waals surface area contributed by atoms with Crippen LogP contribution in [-0.2, 0) is 14.6 Å². The van der Waals surface area contributed by atoms with E-state index >= 15 is 0 Å². The average molecular weight is 318 g/mol. The van der Waals surface area contributed by atoms with Crippen molar-refractivity contribution in [3.8, 4) is 0 Å². The van der Waals surface area contributed by atoms with E-state index < -0.39 is 33.7 Å². The Kier molecular flexibility index (Phi) is 5.65. The molecule has 2 amide bonds. The lowest BCUT2D eigenvalue weighted by molar-refractivity contribution is -0.139. The number of amides is 2. The maximum Gasteiger partial charge on any atom is 0.326 e. The zero-order valence-corrected chi connectivity index (χ0v) is 12.0. The number of nitrogens with one attached hydrogen (secondary N) is 2. The van der Waals surface area contributed by atoms with E-state index in [1.807, 2.05) is 0 Å². The Bertz CT molecular complexity index is 615. The van der Waals surface area contributed by atoms with Crippen molar-refractivity contribution in [2.24, 2.45) is 0 Å². The first kappa shape index (κ1) is 16.9. The smallest absolute Gasteiger partial charge is 0.326 e. The van der Waals surface area contributed by atoms with Gasteiger partial charge in [0.05, 0.1) is 5.75 Å². The van der Waals surface area contributed by atoms with Crippen molar-refractivity contribution in [2.75, 3.05) is 17.3 Å². The summed E-state index contributed by atoms with van der Waals surface area (Å²) in [5.41, 5.74) is 0.279. The summed E-state index contributed by atoms with van der Waals surface area (Å²) in [6.07, 6.45) is 0.732.